The molecule has 6 heterocycles. The maximum absolute atomic E-state index is 13.1. The Balaban J connectivity index is 0.000000188. The molecule has 0 radical (unpaired) electrons. The van der Waals surface area contributed by atoms with Crippen molar-refractivity contribution in [1.29, 1.82) is 0 Å². The average molecular weight is 1460 g/mol. The highest BCUT2D eigenvalue weighted by molar-refractivity contribution is 7.92. The first-order chi connectivity index (χ1) is 46.8. The van der Waals surface area contributed by atoms with E-state index in [0.29, 0.717) is 97.6 Å². The lowest BCUT2D eigenvalue weighted by Crippen LogP contribution is -2.29. The maximum Gasteiger partial charge on any atom is 0.255 e. The van der Waals surface area contributed by atoms with Gasteiger partial charge in [-0.2, -0.15) is 15.3 Å². The molecule has 3 unspecified atom stereocenters. The number of aromatic nitrogens is 9. The number of hydrogen-bond acceptors (Lipinski definition) is 17. The molecule has 520 valence electrons. The zero-order chi connectivity index (χ0) is 70.9. The summed E-state index contributed by atoms with van der Waals surface area (Å²) in [6, 6.07) is 26.7. The third-order valence-electron chi connectivity index (χ3n) is 16.2. The van der Waals surface area contributed by atoms with Crippen molar-refractivity contribution < 1.29 is 49.9 Å². The quantitative estimate of drug-likeness (QED) is 0.0304. The van der Waals surface area contributed by atoms with Crippen LogP contribution in [-0.4, -0.2) is 127 Å². The number of carbonyl (C=O) groups excluding carboxylic acids is 3. The summed E-state index contributed by atoms with van der Waals surface area (Å²) in [5.74, 6) is -1.17. The van der Waals surface area contributed by atoms with Crippen LogP contribution in [0, 0.1) is 20.8 Å². The molecule has 29 heteroatoms. The van der Waals surface area contributed by atoms with Gasteiger partial charge in [-0.05, 0) is 173 Å². The predicted molar refractivity (Wildman–Crippen MR) is 376 cm³/mol. The molecule has 1 fully saturated rings. The van der Waals surface area contributed by atoms with Crippen molar-refractivity contribution in [3.63, 3.8) is 0 Å². The Bertz CT molecular complexity index is 4550. The number of amides is 3. The lowest BCUT2D eigenvalue weighted by atomic mass is 10.0. The number of nitrogens with one attached hydrogen (secondary N) is 3. The van der Waals surface area contributed by atoms with Crippen molar-refractivity contribution in [1.82, 2.24) is 60.2 Å². The summed E-state index contributed by atoms with van der Waals surface area (Å²) >= 11 is 17.9. The molecule has 3 aromatic carbocycles. The van der Waals surface area contributed by atoms with Crippen LogP contribution in [0.2, 0.25) is 15.1 Å². The van der Waals surface area contributed by atoms with E-state index in [1.165, 1.54) is 43.2 Å². The molecular formula is C69H79Cl3N12O11S3. The molecule has 0 aliphatic heterocycles. The fourth-order valence-electron chi connectivity index (χ4n) is 10.6. The van der Waals surface area contributed by atoms with Gasteiger partial charge < -0.3 is 26.2 Å². The number of aliphatic hydroxyl groups excluding tert-OH is 2. The highest BCUT2D eigenvalue weighted by atomic mass is 35.5. The van der Waals surface area contributed by atoms with E-state index in [-0.39, 0.29) is 87.4 Å². The van der Waals surface area contributed by atoms with Crippen molar-refractivity contribution >= 4 is 82.0 Å². The summed E-state index contributed by atoms with van der Waals surface area (Å²) in [6.45, 7) is 11.1. The molecular weight excluding hydrogens is 1380 g/mol. The number of sulfone groups is 3. The second kappa shape index (κ2) is 34.5. The zero-order valence-corrected chi connectivity index (χ0v) is 59.7. The number of rotatable bonds is 28. The van der Waals surface area contributed by atoms with E-state index < -0.39 is 35.6 Å². The van der Waals surface area contributed by atoms with Crippen molar-refractivity contribution in [3.05, 3.63) is 212 Å². The van der Waals surface area contributed by atoms with Gasteiger partial charge >= 0.3 is 0 Å². The minimum Gasteiger partial charge on any atom is -0.396 e. The second-order valence-electron chi connectivity index (χ2n) is 23.4. The number of benzene rings is 3. The van der Waals surface area contributed by atoms with Crippen LogP contribution in [0.4, 0.5) is 0 Å². The summed E-state index contributed by atoms with van der Waals surface area (Å²) in [6.07, 6.45) is 17.9. The van der Waals surface area contributed by atoms with Gasteiger partial charge in [-0.3, -0.25) is 24.4 Å². The first kappa shape index (κ1) is 75.6. The van der Waals surface area contributed by atoms with Crippen molar-refractivity contribution in [2.45, 2.75) is 144 Å². The Hall–Kier alpha value is -8.21. The number of nitrogens with zero attached hydrogens (tertiary/aromatic N) is 9. The van der Waals surface area contributed by atoms with Gasteiger partial charge in [0.1, 0.15) is 0 Å². The van der Waals surface area contributed by atoms with Crippen LogP contribution in [-0.2, 0) is 29.5 Å². The summed E-state index contributed by atoms with van der Waals surface area (Å²) < 4.78 is 79.9. The highest BCUT2D eigenvalue weighted by Crippen LogP contribution is 2.35. The Morgan fingerprint density at radius 2 is 0.837 bits per heavy atom. The molecule has 0 saturated heterocycles. The van der Waals surface area contributed by atoms with Crippen molar-refractivity contribution in [2.24, 2.45) is 0 Å². The summed E-state index contributed by atoms with van der Waals surface area (Å²) in [4.78, 5) is 51.9. The molecule has 1 aliphatic carbocycles. The topological polar surface area (TPSA) is 322 Å². The zero-order valence-electron chi connectivity index (χ0n) is 55.0. The van der Waals surface area contributed by atoms with E-state index in [4.69, 9.17) is 45.0 Å². The Morgan fingerprint density at radius 1 is 0.480 bits per heavy atom. The third-order valence-corrected chi connectivity index (χ3v) is 22.6. The van der Waals surface area contributed by atoms with Gasteiger partial charge in [0.2, 0.25) is 0 Å². The van der Waals surface area contributed by atoms with E-state index in [0.717, 1.165) is 36.3 Å². The van der Waals surface area contributed by atoms with Gasteiger partial charge in [-0.15, -0.1) is 0 Å². The minimum absolute atomic E-state index is 0.0404. The fourth-order valence-corrected chi connectivity index (χ4v) is 15.1. The normalized spacial score (nSPS) is 13.3. The van der Waals surface area contributed by atoms with Gasteiger partial charge in [0.15, 0.2) is 34.5 Å². The lowest BCUT2D eigenvalue weighted by Gasteiger charge is -2.19. The van der Waals surface area contributed by atoms with Gasteiger partial charge in [0.05, 0.1) is 114 Å². The number of carbonyl (C=O) groups is 3. The third kappa shape index (κ3) is 19.4. The number of hydrogen-bond donors (Lipinski definition) is 5. The van der Waals surface area contributed by atoms with Crippen LogP contribution >= 0.6 is 34.8 Å². The van der Waals surface area contributed by atoms with E-state index in [1.807, 2.05) is 71.0 Å². The van der Waals surface area contributed by atoms with E-state index >= 15 is 0 Å². The Morgan fingerprint density at radius 3 is 1.18 bits per heavy atom. The van der Waals surface area contributed by atoms with Gasteiger partial charge in [-0.25, -0.2) is 44.3 Å². The number of pyridine rings is 3. The maximum atomic E-state index is 13.1. The second-order valence-corrected chi connectivity index (χ2v) is 31.1. The van der Waals surface area contributed by atoms with Crippen LogP contribution in [0.15, 0.2) is 161 Å². The molecule has 0 bridgehead atoms. The summed E-state index contributed by atoms with van der Waals surface area (Å²) in [5.41, 5.74) is 7.77. The lowest BCUT2D eigenvalue weighted by molar-refractivity contribution is 0.0925. The van der Waals surface area contributed by atoms with Gasteiger partial charge in [0.25, 0.3) is 17.7 Å². The van der Waals surface area contributed by atoms with Crippen molar-refractivity contribution in [3.8, 4) is 17.1 Å². The molecule has 1 saturated carbocycles. The number of aliphatic hydroxyl groups is 2. The van der Waals surface area contributed by atoms with Crippen LogP contribution in [0.25, 0.3) is 17.1 Å². The molecule has 5 N–H and O–H groups in total. The molecule has 3 amide bonds. The van der Waals surface area contributed by atoms with Gasteiger partial charge in [0, 0.05) is 59.3 Å². The molecule has 6 aromatic heterocycles. The van der Waals surface area contributed by atoms with E-state index in [2.05, 4.69) is 46.2 Å². The van der Waals surface area contributed by atoms with Gasteiger partial charge in [-0.1, -0.05) is 80.9 Å². The van der Waals surface area contributed by atoms with Crippen LogP contribution < -0.4 is 16.0 Å². The fraction of sp³-hybridized carbons (Fsp3) is 0.348. The predicted octanol–water partition coefficient (Wildman–Crippen LogP) is 11.7. The van der Waals surface area contributed by atoms with Crippen LogP contribution in [0.5, 0.6) is 0 Å². The number of halogens is 3. The standard InChI is InChI=1S/2C23H27ClN4O4S.C23H25ClN4O3S/c1-3-5-21(17-6-11-22(25-14-17)33(31,32)13-4-12-29)27-23(30)20-15-26-28(16(20)2)19-9-7-18(24)8-10-19;1-3-5-22(17-12-20(14-25-13-17)33(31,32)11-4-10-29)27-23(30)21-15-26-28(16(21)2)19-8-6-18(24)7-9-19;1-3-4-22(16-11-20(13-25-12-16)32(30,31)19-9-10-19)27-23(29)21-14-26-28(15(21)2)18-7-5-17(24)6-8-18/h6-11,14-15,21,29H,3-5,12-13H2,1-2H3,(H,27,30);6-9,12-15,22,29H,3-5,10-11H2,1-2H3,(H,27,30);5-8,11-14,19,22H,3-4,9-10H2,1-2H3,(H,27,29). The summed E-state index contributed by atoms with van der Waals surface area (Å²) in [7, 11) is -10.5. The molecule has 23 nitrogen and oxygen atoms in total. The average Bonchev–Trinajstić information content (AvgIpc) is 1.62. The monoisotopic (exact) mass is 1450 g/mol. The minimum atomic E-state index is -3.57. The first-order valence-corrected chi connectivity index (χ1v) is 37.9. The SMILES string of the molecule is CCCC(NC(=O)c1cnn(-c2ccc(Cl)cc2)c1C)c1ccc(S(=O)(=O)CCCO)nc1.CCCC(NC(=O)c1cnn(-c2ccc(Cl)cc2)c1C)c1cncc(S(=O)(=O)C2CC2)c1.CCCC(NC(=O)c1cnn(-c2ccc(Cl)cc2)c1C)c1cncc(S(=O)(=O)CCCO)c1. The molecule has 9 aromatic rings. The first-order valence-electron chi connectivity index (χ1n) is 32.0. The molecule has 3 atom stereocenters. The largest absolute Gasteiger partial charge is 0.396 e. The van der Waals surface area contributed by atoms with Crippen LogP contribution in [0.3, 0.4) is 0 Å². The van der Waals surface area contributed by atoms with E-state index in [1.54, 1.807) is 88.0 Å². The summed E-state index contributed by atoms with van der Waals surface area (Å²) in [5, 5.41) is 41.5. The molecule has 98 heavy (non-hydrogen) atoms. The van der Waals surface area contributed by atoms with Crippen LogP contribution in [0.1, 0.15) is 168 Å². The highest BCUT2D eigenvalue weighted by Gasteiger charge is 2.37. The Labute approximate surface area is 586 Å². The molecule has 10 rings (SSSR count). The van der Waals surface area contributed by atoms with E-state index in [9.17, 15) is 39.6 Å². The smallest absolute Gasteiger partial charge is 0.255 e. The Kier molecular flexibility index (Phi) is 26.6. The molecule has 0 spiro atoms. The van der Waals surface area contributed by atoms with Crippen molar-refractivity contribution in [2.75, 3.05) is 24.7 Å². The molecule has 1 aliphatic rings.